The molecule has 0 bridgehead atoms. The van der Waals surface area contributed by atoms with Crippen LogP contribution in [0.25, 0.3) is 11.1 Å². The van der Waals surface area contributed by atoms with Gasteiger partial charge in [0.15, 0.2) is 0 Å². The highest BCUT2D eigenvalue weighted by Crippen LogP contribution is 2.28. The molecule has 6 rings (SSSR count). The van der Waals surface area contributed by atoms with Crippen molar-refractivity contribution in [2.45, 2.75) is 57.6 Å². The summed E-state index contributed by atoms with van der Waals surface area (Å²) in [5.41, 5.74) is 4.36. The summed E-state index contributed by atoms with van der Waals surface area (Å²) in [4.78, 5) is 38.9. The van der Waals surface area contributed by atoms with E-state index in [1.807, 2.05) is 49.5 Å². The zero-order chi connectivity index (χ0) is 34.4. The Morgan fingerprint density at radius 3 is 2.12 bits per heavy atom. The van der Waals surface area contributed by atoms with Crippen LogP contribution in [0.4, 0.5) is 19.0 Å². The van der Waals surface area contributed by atoms with Crippen LogP contribution < -0.4 is 20.3 Å². The third-order valence-corrected chi connectivity index (χ3v) is 9.17. The van der Waals surface area contributed by atoms with Crippen LogP contribution in [0.2, 0.25) is 0 Å². The summed E-state index contributed by atoms with van der Waals surface area (Å²) in [6, 6.07) is 21.7. The second kappa shape index (κ2) is 15.1. The maximum atomic E-state index is 13.3. The molecule has 12 heteroatoms. The molecule has 0 aliphatic carbocycles. The van der Waals surface area contributed by atoms with Gasteiger partial charge in [0.25, 0.3) is 11.8 Å². The molecule has 4 aromatic rings. The second-order valence-electron chi connectivity index (χ2n) is 12.6. The van der Waals surface area contributed by atoms with E-state index in [4.69, 9.17) is 4.98 Å². The highest BCUT2D eigenvalue weighted by atomic mass is 19.4. The van der Waals surface area contributed by atoms with Gasteiger partial charge in [-0.25, -0.2) is 9.97 Å². The molecule has 0 atom stereocenters. The topological polar surface area (TPSA) is 99.7 Å². The Kier molecular flexibility index (Phi) is 10.4. The number of hydrogen-bond donors (Lipinski definition) is 2. The largest absolute Gasteiger partial charge is 0.574 e. The predicted octanol–water partition coefficient (Wildman–Crippen LogP) is 6.14. The summed E-state index contributed by atoms with van der Waals surface area (Å²) >= 11 is 0. The zero-order valence-electron chi connectivity index (χ0n) is 27.2. The SMILES string of the molecule is Cc1c(C(=O)NC2CCN(Cc3ccc(N4CCC(NC(=O)c5ccccc5)CC4)nc3)CC2)cccc1-c1ccc(OC(F)(F)F)nc1. The van der Waals surface area contributed by atoms with Gasteiger partial charge in [0.1, 0.15) is 5.82 Å². The molecule has 49 heavy (non-hydrogen) atoms. The van der Waals surface area contributed by atoms with Crippen LogP contribution in [0, 0.1) is 6.92 Å². The number of hydrogen-bond acceptors (Lipinski definition) is 7. The smallest absolute Gasteiger partial charge is 0.388 e. The molecule has 0 spiro atoms. The van der Waals surface area contributed by atoms with E-state index in [2.05, 4.69) is 42.3 Å². The number of ether oxygens (including phenoxy) is 1. The molecule has 4 heterocycles. The minimum Gasteiger partial charge on any atom is -0.388 e. The minimum absolute atomic E-state index is 0.0282. The third kappa shape index (κ3) is 8.94. The van der Waals surface area contributed by atoms with Crippen molar-refractivity contribution in [1.29, 1.82) is 0 Å². The van der Waals surface area contributed by atoms with E-state index in [0.29, 0.717) is 22.3 Å². The first-order valence-corrected chi connectivity index (χ1v) is 16.5. The summed E-state index contributed by atoms with van der Waals surface area (Å²) in [5, 5.41) is 6.33. The number of benzene rings is 2. The van der Waals surface area contributed by atoms with Crippen LogP contribution in [0.3, 0.4) is 0 Å². The number of rotatable bonds is 9. The van der Waals surface area contributed by atoms with Gasteiger partial charge in [-0.2, -0.15) is 0 Å². The van der Waals surface area contributed by atoms with E-state index in [1.165, 1.54) is 12.3 Å². The molecule has 2 aliphatic rings. The number of likely N-dealkylation sites (tertiary alicyclic amines) is 1. The van der Waals surface area contributed by atoms with Crippen molar-refractivity contribution in [3.05, 3.63) is 107 Å². The summed E-state index contributed by atoms with van der Waals surface area (Å²) in [6.45, 7) is 5.95. The number of nitrogens with zero attached hydrogens (tertiary/aromatic N) is 4. The quantitative estimate of drug-likeness (QED) is 0.220. The van der Waals surface area contributed by atoms with Gasteiger partial charge in [0.05, 0.1) is 0 Å². The second-order valence-corrected chi connectivity index (χ2v) is 12.6. The van der Waals surface area contributed by atoms with Crippen LogP contribution in [0.5, 0.6) is 5.88 Å². The Hall–Kier alpha value is -4.97. The molecule has 2 saturated heterocycles. The number of carbonyl (C=O) groups excluding carboxylic acids is 2. The number of alkyl halides is 3. The third-order valence-electron chi connectivity index (χ3n) is 9.17. The molecule has 0 radical (unpaired) electrons. The molecule has 2 aromatic carbocycles. The summed E-state index contributed by atoms with van der Waals surface area (Å²) < 4.78 is 41.4. The van der Waals surface area contributed by atoms with E-state index >= 15 is 0 Å². The van der Waals surface area contributed by atoms with Gasteiger partial charge in [-0.15, -0.1) is 13.2 Å². The van der Waals surface area contributed by atoms with Crippen LogP contribution in [0.1, 0.15) is 57.5 Å². The lowest BCUT2D eigenvalue weighted by atomic mass is 9.96. The Morgan fingerprint density at radius 2 is 1.49 bits per heavy atom. The highest BCUT2D eigenvalue weighted by Gasteiger charge is 2.32. The number of nitrogens with one attached hydrogen (secondary N) is 2. The van der Waals surface area contributed by atoms with Crippen molar-refractivity contribution < 1.29 is 27.5 Å². The Balaban J connectivity index is 0.948. The van der Waals surface area contributed by atoms with E-state index in [9.17, 15) is 22.8 Å². The van der Waals surface area contributed by atoms with E-state index in [-0.39, 0.29) is 23.9 Å². The van der Waals surface area contributed by atoms with Crippen molar-refractivity contribution in [3.63, 3.8) is 0 Å². The first-order valence-electron chi connectivity index (χ1n) is 16.5. The molecule has 2 aromatic heterocycles. The van der Waals surface area contributed by atoms with Gasteiger partial charge in [0, 0.05) is 80.0 Å². The predicted molar refractivity (Wildman–Crippen MR) is 180 cm³/mol. The van der Waals surface area contributed by atoms with Gasteiger partial charge in [-0.3, -0.25) is 14.5 Å². The van der Waals surface area contributed by atoms with Crippen LogP contribution in [-0.2, 0) is 6.54 Å². The Bertz CT molecular complexity index is 1720. The number of pyridine rings is 2. The van der Waals surface area contributed by atoms with E-state index in [1.54, 1.807) is 12.1 Å². The molecule has 2 fully saturated rings. The molecular weight excluding hydrogens is 633 g/mol. The van der Waals surface area contributed by atoms with Crippen LogP contribution >= 0.6 is 0 Å². The van der Waals surface area contributed by atoms with Gasteiger partial charge >= 0.3 is 6.36 Å². The zero-order valence-corrected chi connectivity index (χ0v) is 27.2. The van der Waals surface area contributed by atoms with Crippen LogP contribution in [0.15, 0.2) is 85.2 Å². The average molecular weight is 673 g/mol. The minimum atomic E-state index is -4.81. The molecule has 256 valence electrons. The van der Waals surface area contributed by atoms with Crippen molar-refractivity contribution in [2.24, 2.45) is 0 Å². The molecule has 2 aliphatic heterocycles. The number of carbonyl (C=O) groups is 2. The molecule has 2 N–H and O–H groups in total. The van der Waals surface area contributed by atoms with Gasteiger partial charge in [0.2, 0.25) is 5.88 Å². The van der Waals surface area contributed by atoms with Crippen molar-refractivity contribution >= 4 is 17.6 Å². The molecule has 0 saturated carbocycles. The van der Waals surface area contributed by atoms with Gasteiger partial charge in [-0.05, 0) is 79.6 Å². The number of anilines is 1. The lowest BCUT2D eigenvalue weighted by molar-refractivity contribution is -0.276. The van der Waals surface area contributed by atoms with Crippen molar-refractivity contribution in [2.75, 3.05) is 31.1 Å². The number of amides is 2. The maximum Gasteiger partial charge on any atom is 0.574 e. The Labute approximate surface area is 283 Å². The van der Waals surface area contributed by atoms with E-state index in [0.717, 1.165) is 81.4 Å². The van der Waals surface area contributed by atoms with Crippen molar-refractivity contribution in [3.8, 4) is 17.0 Å². The average Bonchev–Trinajstić information content (AvgIpc) is 3.10. The summed E-state index contributed by atoms with van der Waals surface area (Å²) in [6.07, 6.45) is 1.80. The number of halogens is 3. The lowest BCUT2D eigenvalue weighted by Gasteiger charge is -2.34. The highest BCUT2D eigenvalue weighted by molar-refractivity contribution is 5.97. The lowest BCUT2D eigenvalue weighted by Crippen LogP contribution is -2.45. The first-order chi connectivity index (χ1) is 23.6. The fourth-order valence-corrected chi connectivity index (χ4v) is 6.48. The summed E-state index contributed by atoms with van der Waals surface area (Å²) in [5.74, 6) is 0.202. The van der Waals surface area contributed by atoms with Gasteiger partial charge in [-0.1, -0.05) is 36.4 Å². The monoisotopic (exact) mass is 672 g/mol. The maximum absolute atomic E-state index is 13.3. The fraction of sp³-hybridized carbons (Fsp3) is 0.351. The van der Waals surface area contributed by atoms with Crippen LogP contribution in [-0.4, -0.2) is 71.3 Å². The standard InChI is InChI=1S/C37H39F3N6O3/c1-25-31(28-11-13-34(42-23-28)49-37(38,39)40)8-5-9-32(25)36(48)44-29-14-18-45(19-15-29)24-26-10-12-33(41-22-26)46-20-16-30(17-21-46)43-35(47)27-6-3-2-4-7-27/h2-13,22-23,29-30H,14-21,24H2,1H3,(H,43,47)(H,44,48). The molecule has 0 unspecified atom stereocenters. The van der Waals surface area contributed by atoms with Gasteiger partial charge < -0.3 is 20.3 Å². The molecular formula is C37H39F3N6O3. The van der Waals surface area contributed by atoms with Crippen molar-refractivity contribution in [1.82, 2.24) is 25.5 Å². The number of piperidine rings is 2. The molecule has 9 nitrogen and oxygen atoms in total. The Morgan fingerprint density at radius 1 is 0.796 bits per heavy atom. The number of aromatic nitrogens is 2. The molecule has 2 amide bonds. The normalized spacial score (nSPS) is 16.3. The fourth-order valence-electron chi connectivity index (χ4n) is 6.48. The van der Waals surface area contributed by atoms with E-state index < -0.39 is 12.2 Å². The first kappa shape index (κ1) is 33.9. The summed E-state index contributed by atoms with van der Waals surface area (Å²) in [7, 11) is 0.